The van der Waals surface area contributed by atoms with Crippen LogP contribution in [0, 0.1) is 17.3 Å². The fraction of sp³-hybridized carbons (Fsp3) is 0.867. The SMILES string of the molecule is CC(C)[C@@]12CC[C@@]3(C1)C(=CCC[C@@H]3C)CO2. The minimum absolute atomic E-state index is 0.211. The molecule has 2 aliphatic carbocycles. The predicted molar refractivity (Wildman–Crippen MR) is 66.3 cm³/mol. The molecule has 16 heavy (non-hydrogen) atoms. The number of ether oxygens (including phenoxy) is 1. The zero-order chi connectivity index (χ0) is 11.4. The van der Waals surface area contributed by atoms with Gasteiger partial charge in [-0.2, -0.15) is 0 Å². The number of allylic oxidation sites excluding steroid dienone is 1. The van der Waals surface area contributed by atoms with Crippen LogP contribution in [0.5, 0.6) is 0 Å². The van der Waals surface area contributed by atoms with Crippen LogP contribution in [0.4, 0.5) is 0 Å². The van der Waals surface area contributed by atoms with Crippen LogP contribution in [0.1, 0.15) is 52.9 Å². The average molecular weight is 220 g/mol. The third-order valence-corrected chi connectivity index (χ3v) is 5.75. The van der Waals surface area contributed by atoms with Gasteiger partial charge in [0.2, 0.25) is 0 Å². The molecule has 1 nitrogen and oxygen atoms in total. The molecule has 90 valence electrons. The molecular formula is C15H24O. The molecule has 1 spiro atoms. The maximum absolute atomic E-state index is 6.26. The largest absolute Gasteiger partial charge is 0.370 e. The molecule has 2 bridgehead atoms. The van der Waals surface area contributed by atoms with Crippen LogP contribution in [-0.4, -0.2) is 12.2 Å². The molecule has 2 fully saturated rings. The zero-order valence-electron chi connectivity index (χ0n) is 10.9. The van der Waals surface area contributed by atoms with Gasteiger partial charge in [0.25, 0.3) is 0 Å². The van der Waals surface area contributed by atoms with E-state index in [0.29, 0.717) is 11.3 Å². The van der Waals surface area contributed by atoms with Crippen molar-refractivity contribution in [2.75, 3.05) is 6.61 Å². The first-order chi connectivity index (χ1) is 7.59. The Labute approximate surface area is 99.3 Å². The van der Waals surface area contributed by atoms with E-state index in [4.69, 9.17) is 4.74 Å². The lowest BCUT2D eigenvalue weighted by molar-refractivity contribution is -0.0982. The molecule has 1 saturated heterocycles. The van der Waals surface area contributed by atoms with Crippen LogP contribution in [0.2, 0.25) is 0 Å². The van der Waals surface area contributed by atoms with E-state index in [0.717, 1.165) is 12.5 Å². The monoisotopic (exact) mass is 220 g/mol. The molecule has 3 rings (SSSR count). The Morgan fingerprint density at radius 2 is 2.19 bits per heavy atom. The second-order valence-corrected chi connectivity index (χ2v) is 6.55. The molecule has 0 amide bonds. The van der Waals surface area contributed by atoms with Gasteiger partial charge in [0.1, 0.15) is 0 Å². The summed E-state index contributed by atoms with van der Waals surface area (Å²) in [5.74, 6) is 1.54. The van der Waals surface area contributed by atoms with Gasteiger partial charge in [-0.1, -0.05) is 26.8 Å². The van der Waals surface area contributed by atoms with Crippen molar-refractivity contribution >= 4 is 0 Å². The lowest BCUT2D eigenvalue weighted by atomic mass is 9.62. The van der Waals surface area contributed by atoms with Crippen molar-refractivity contribution in [1.29, 1.82) is 0 Å². The topological polar surface area (TPSA) is 9.23 Å². The lowest BCUT2D eigenvalue weighted by Gasteiger charge is -2.48. The Balaban J connectivity index is 1.99. The predicted octanol–water partition coefficient (Wildman–Crippen LogP) is 3.94. The molecule has 3 aliphatic rings. The summed E-state index contributed by atoms with van der Waals surface area (Å²) in [6.07, 6.45) is 9.10. The molecule has 0 aromatic heterocycles. The highest BCUT2D eigenvalue weighted by molar-refractivity contribution is 5.27. The number of fused-ring (bicyclic) bond motifs is 1. The smallest absolute Gasteiger partial charge is 0.0718 e. The van der Waals surface area contributed by atoms with Crippen LogP contribution in [0.15, 0.2) is 11.6 Å². The van der Waals surface area contributed by atoms with Gasteiger partial charge in [0, 0.05) is 0 Å². The zero-order valence-corrected chi connectivity index (χ0v) is 10.9. The molecule has 1 heterocycles. The van der Waals surface area contributed by atoms with Crippen molar-refractivity contribution in [3.63, 3.8) is 0 Å². The average Bonchev–Trinajstić information content (AvgIpc) is 2.57. The third kappa shape index (κ3) is 1.21. The highest BCUT2D eigenvalue weighted by atomic mass is 16.5. The lowest BCUT2D eigenvalue weighted by Crippen LogP contribution is -2.45. The number of hydrogen-bond donors (Lipinski definition) is 0. The Hall–Kier alpha value is -0.300. The quantitative estimate of drug-likeness (QED) is 0.608. The van der Waals surface area contributed by atoms with E-state index < -0.39 is 0 Å². The summed E-state index contributed by atoms with van der Waals surface area (Å²) in [5, 5.41) is 0. The third-order valence-electron chi connectivity index (χ3n) is 5.75. The minimum Gasteiger partial charge on any atom is -0.370 e. The second-order valence-electron chi connectivity index (χ2n) is 6.55. The number of rotatable bonds is 1. The highest BCUT2D eigenvalue weighted by Crippen LogP contribution is 2.62. The highest BCUT2D eigenvalue weighted by Gasteiger charge is 2.57. The summed E-state index contributed by atoms with van der Waals surface area (Å²) in [7, 11) is 0. The minimum atomic E-state index is 0.211. The molecule has 0 radical (unpaired) electrons. The molecule has 0 aromatic carbocycles. The van der Waals surface area contributed by atoms with E-state index in [-0.39, 0.29) is 5.60 Å². The summed E-state index contributed by atoms with van der Waals surface area (Å²) in [6, 6.07) is 0. The van der Waals surface area contributed by atoms with Gasteiger partial charge in [-0.3, -0.25) is 0 Å². The molecule has 1 saturated carbocycles. The van der Waals surface area contributed by atoms with Crippen molar-refractivity contribution < 1.29 is 4.74 Å². The van der Waals surface area contributed by atoms with E-state index in [9.17, 15) is 0 Å². The Kier molecular flexibility index (Phi) is 2.27. The Morgan fingerprint density at radius 3 is 2.94 bits per heavy atom. The second kappa shape index (κ2) is 3.35. The van der Waals surface area contributed by atoms with Gasteiger partial charge in [-0.05, 0) is 54.9 Å². The van der Waals surface area contributed by atoms with E-state index >= 15 is 0 Å². The van der Waals surface area contributed by atoms with E-state index in [2.05, 4.69) is 26.8 Å². The number of hydrogen-bond acceptors (Lipinski definition) is 1. The van der Waals surface area contributed by atoms with Crippen molar-refractivity contribution in [3.05, 3.63) is 11.6 Å². The van der Waals surface area contributed by atoms with Crippen LogP contribution in [0.25, 0.3) is 0 Å². The van der Waals surface area contributed by atoms with E-state index in [1.807, 2.05) is 0 Å². The van der Waals surface area contributed by atoms with E-state index in [1.54, 1.807) is 5.57 Å². The van der Waals surface area contributed by atoms with Crippen molar-refractivity contribution in [3.8, 4) is 0 Å². The molecule has 0 unspecified atom stereocenters. The summed E-state index contributed by atoms with van der Waals surface area (Å²) in [6.45, 7) is 8.06. The van der Waals surface area contributed by atoms with Crippen LogP contribution in [-0.2, 0) is 4.74 Å². The summed E-state index contributed by atoms with van der Waals surface area (Å²) < 4.78 is 6.26. The fourth-order valence-electron chi connectivity index (χ4n) is 4.35. The summed E-state index contributed by atoms with van der Waals surface area (Å²) in [4.78, 5) is 0. The Bertz CT molecular complexity index is 330. The molecule has 0 aromatic rings. The fourth-order valence-corrected chi connectivity index (χ4v) is 4.35. The molecule has 1 aliphatic heterocycles. The molecule has 1 heteroatoms. The van der Waals surface area contributed by atoms with Gasteiger partial charge in [0.05, 0.1) is 12.2 Å². The first-order valence-electron chi connectivity index (χ1n) is 6.93. The first kappa shape index (κ1) is 10.8. The summed E-state index contributed by atoms with van der Waals surface area (Å²) in [5.41, 5.74) is 2.38. The van der Waals surface area contributed by atoms with Crippen molar-refractivity contribution in [1.82, 2.24) is 0 Å². The van der Waals surface area contributed by atoms with Crippen molar-refractivity contribution in [2.45, 2.75) is 58.5 Å². The van der Waals surface area contributed by atoms with Gasteiger partial charge in [0.15, 0.2) is 0 Å². The van der Waals surface area contributed by atoms with Gasteiger partial charge < -0.3 is 4.74 Å². The Morgan fingerprint density at radius 1 is 1.38 bits per heavy atom. The molecule has 0 N–H and O–H groups in total. The molecular weight excluding hydrogens is 196 g/mol. The van der Waals surface area contributed by atoms with E-state index in [1.165, 1.54) is 32.1 Å². The summed E-state index contributed by atoms with van der Waals surface area (Å²) >= 11 is 0. The van der Waals surface area contributed by atoms with Gasteiger partial charge in [-0.25, -0.2) is 0 Å². The van der Waals surface area contributed by atoms with Crippen molar-refractivity contribution in [2.24, 2.45) is 17.3 Å². The maximum atomic E-state index is 6.26. The van der Waals surface area contributed by atoms with Crippen LogP contribution >= 0.6 is 0 Å². The van der Waals surface area contributed by atoms with Gasteiger partial charge in [-0.15, -0.1) is 0 Å². The standard InChI is InChI=1S/C15H24O/c1-11(2)15-8-7-14(10-15)12(3)5-4-6-13(14)9-16-15/h6,11-12H,4-5,7-10H2,1-3H3/t12-,14-,15+/m0/s1. The maximum Gasteiger partial charge on any atom is 0.0718 e. The normalized spacial score (nSPS) is 46.8. The molecule has 3 atom stereocenters. The first-order valence-corrected chi connectivity index (χ1v) is 6.93. The van der Waals surface area contributed by atoms with Crippen LogP contribution < -0.4 is 0 Å². The van der Waals surface area contributed by atoms with Gasteiger partial charge >= 0.3 is 0 Å². The van der Waals surface area contributed by atoms with Crippen LogP contribution in [0.3, 0.4) is 0 Å².